The highest BCUT2D eigenvalue weighted by atomic mass is 32.1. The highest BCUT2D eigenvalue weighted by molar-refractivity contribution is 7.81. The minimum Gasteiger partial charge on any atom is -0.351 e. The van der Waals surface area contributed by atoms with Gasteiger partial charge in [0.05, 0.1) is 5.75 Å². The van der Waals surface area contributed by atoms with Gasteiger partial charge in [-0.3, -0.25) is 4.79 Å². The maximum atomic E-state index is 12.9. The van der Waals surface area contributed by atoms with Crippen molar-refractivity contribution in [2.24, 2.45) is 0 Å². The molecule has 0 spiro atoms. The molecule has 0 bridgehead atoms. The number of aryl methyl sites for hydroxylation is 1. The van der Waals surface area contributed by atoms with Crippen LogP contribution in [0.15, 0.2) is 18.2 Å². The Bertz CT molecular complexity index is 341. The lowest BCUT2D eigenvalue weighted by Gasteiger charge is -2.04. The molecule has 76 valence electrons. The van der Waals surface area contributed by atoms with Gasteiger partial charge in [0.25, 0.3) is 0 Å². The molecule has 0 fully saturated rings. The molecule has 0 aromatic heterocycles. The molecule has 0 unspecified atom stereocenters. The standard InChI is InChI=1S/C10H12FNOS/c1-7-4-8(2-3-9(7)11)5-12-10(13)6-14/h2-4,14H,5-6H2,1H3,(H,12,13). The Morgan fingerprint density at radius 1 is 1.57 bits per heavy atom. The predicted octanol–water partition coefficient (Wildman–Crippen LogP) is 1.68. The molecule has 1 N–H and O–H groups in total. The van der Waals surface area contributed by atoms with E-state index in [0.717, 1.165) is 5.56 Å². The summed E-state index contributed by atoms with van der Waals surface area (Å²) in [6, 6.07) is 4.77. The number of thiol groups is 1. The van der Waals surface area contributed by atoms with E-state index < -0.39 is 0 Å². The third-order valence-corrected chi connectivity index (χ3v) is 2.14. The summed E-state index contributed by atoms with van der Waals surface area (Å²) in [4.78, 5) is 10.9. The van der Waals surface area contributed by atoms with Crippen molar-refractivity contribution < 1.29 is 9.18 Å². The average molecular weight is 213 g/mol. The molecule has 0 aliphatic rings. The number of rotatable bonds is 3. The van der Waals surface area contributed by atoms with Crippen LogP contribution in [-0.4, -0.2) is 11.7 Å². The summed E-state index contributed by atoms with van der Waals surface area (Å²) in [5.41, 5.74) is 1.47. The maximum Gasteiger partial charge on any atom is 0.229 e. The van der Waals surface area contributed by atoms with E-state index in [0.29, 0.717) is 12.1 Å². The summed E-state index contributed by atoms with van der Waals surface area (Å²) >= 11 is 3.83. The molecule has 1 aromatic carbocycles. The normalized spacial score (nSPS) is 9.93. The van der Waals surface area contributed by atoms with Crippen molar-refractivity contribution in [1.82, 2.24) is 5.32 Å². The first kappa shape index (κ1) is 11.0. The SMILES string of the molecule is Cc1cc(CNC(=O)CS)ccc1F. The lowest BCUT2D eigenvalue weighted by Crippen LogP contribution is -2.23. The second kappa shape index (κ2) is 5.00. The van der Waals surface area contributed by atoms with Crippen molar-refractivity contribution in [3.05, 3.63) is 35.1 Å². The minimum atomic E-state index is -0.228. The highest BCUT2D eigenvalue weighted by Crippen LogP contribution is 2.08. The molecule has 0 aliphatic heterocycles. The lowest BCUT2D eigenvalue weighted by molar-refractivity contribution is -0.118. The monoisotopic (exact) mass is 213 g/mol. The molecule has 2 nitrogen and oxygen atoms in total. The molecule has 0 atom stereocenters. The van der Waals surface area contributed by atoms with Gasteiger partial charge in [0, 0.05) is 6.54 Å². The van der Waals surface area contributed by atoms with Crippen LogP contribution in [0.4, 0.5) is 4.39 Å². The van der Waals surface area contributed by atoms with E-state index >= 15 is 0 Å². The first-order valence-corrected chi connectivity index (χ1v) is 4.89. The van der Waals surface area contributed by atoms with Crippen LogP contribution in [0.2, 0.25) is 0 Å². The zero-order valence-electron chi connectivity index (χ0n) is 7.88. The Kier molecular flexibility index (Phi) is 3.95. The van der Waals surface area contributed by atoms with Gasteiger partial charge < -0.3 is 5.32 Å². The molecule has 1 rings (SSSR count). The number of hydrogen-bond donors (Lipinski definition) is 2. The Morgan fingerprint density at radius 3 is 2.86 bits per heavy atom. The zero-order chi connectivity index (χ0) is 10.6. The second-order valence-electron chi connectivity index (χ2n) is 3.02. The fourth-order valence-corrected chi connectivity index (χ4v) is 1.19. The van der Waals surface area contributed by atoms with Gasteiger partial charge in [-0.15, -0.1) is 0 Å². The zero-order valence-corrected chi connectivity index (χ0v) is 8.77. The van der Waals surface area contributed by atoms with Crippen molar-refractivity contribution in [3.63, 3.8) is 0 Å². The van der Waals surface area contributed by atoms with Crippen molar-refractivity contribution in [2.75, 3.05) is 5.75 Å². The van der Waals surface area contributed by atoms with E-state index in [-0.39, 0.29) is 17.5 Å². The van der Waals surface area contributed by atoms with E-state index in [1.807, 2.05) is 0 Å². The number of nitrogens with one attached hydrogen (secondary N) is 1. The Balaban J connectivity index is 2.60. The first-order chi connectivity index (χ1) is 6.63. The summed E-state index contributed by atoms with van der Waals surface area (Å²) in [5.74, 6) is -0.190. The fourth-order valence-electron chi connectivity index (χ4n) is 1.07. The van der Waals surface area contributed by atoms with Crippen molar-refractivity contribution in [2.45, 2.75) is 13.5 Å². The number of benzene rings is 1. The van der Waals surface area contributed by atoms with Crippen LogP contribution in [-0.2, 0) is 11.3 Å². The van der Waals surface area contributed by atoms with E-state index in [1.54, 1.807) is 19.1 Å². The van der Waals surface area contributed by atoms with Gasteiger partial charge in [-0.1, -0.05) is 12.1 Å². The van der Waals surface area contributed by atoms with Gasteiger partial charge in [-0.2, -0.15) is 12.6 Å². The molecule has 0 saturated heterocycles. The number of hydrogen-bond acceptors (Lipinski definition) is 2. The molecule has 0 radical (unpaired) electrons. The molecule has 0 saturated carbocycles. The van der Waals surface area contributed by atoms with E-state index in [4.69, 9.17) is 0 Å². The Hall–Kier alpha value is -1.03. The largest absolute Gasteiger partial charge is 0.351 e. The van der Waals surface area contributed by atoms with Crippen LogP contribution < -0.4 is 5.32 Å². The fraction of sp³-hybridized carbons (Fsp3) is 0.300. The predicted molar refractivity (Wildman–Crippen MR) is 56.8 cm³/mol. The van der Waals surface area contributed by atoms with Crippen molar-refractivity contribution in [1.29, 1.82) is 0 Å². The van der Waals surface area contributed by atoms with E-state index in [2.05, 4.69) is 17.9 Å². The number of carbonyl (C=O) groups is 1. The molecule has 4 heteroatoms. The Morgan fingerprint density at radius 2 is 2.29 bits per heavy atom. The van der Waals surface area contributed by atoms with Gasteiger partial charge in [0.1, 0.15) is 5.82 Å². The molecule has 1 amide bonds. The topological polar surface area (TPSA) is 29.1 Å². The van der Waals surface area contributed by atoms with Crippen molar-refractivity contribution in [3.8, 4) is 0 Å². The summed E-state index contributed by atoms with van der Waals surface area (Å²) < 4.78 is 12.9. The van der Waals surface area contributed by atoms with Gasteiger partial charge in [0.2, 0.25) is 5.91 Å². The summed E-state index contributed by atoms with van der Waals surface area (Å²) in [5, 5.41) is 2.66. The maximum absolute atomic E-state index is 12.9. The van der Waals surface area contributed by atoms with Crippen LogP contribution in [0.1, 0.15) is 11.1 Å². The van der Waals surface area contributed by atoms with Crippen LogP contribution >= 0.6 is 12.6 Å². The van der Waals surface area contributed by atoms with Gasteiger partial charge in [-0.05, 0) is 24.1 Å². The summed E-state index contributed by atoms with van der Waals surface area (Å²) in [6.45, 7) is 2.11. The van der Waals surface area contributed by atoms with Gasteiger partial charge >= 0.3 is 0 Å². The van der Waals surface area contributed by atoms with Crippen LogP contribution in [0.5, 0.6) is 0 Å². The second-order valence-corrected chi connectivity index (χ2v) is 3.33. The average Bonchev–Trinajstić information content (AvgIpc) is 2.19. The molecular weight excluding hydrogens is 201 g/mol. The molecule has 14 heavy (non-hydrogen) atoms. The third-order valence-electron chi connectivity index (χ3n) is 1.86. The third kappa shape index (κ3) is 3.03. The van der Waals surface area contributed by atoms with E-state index in [1.165, 1.54) is 6.07 Å². The number of halogens is 1. The van der Waals surface area contributed by atoms with Crippen LogP contribution in [0, 0.1) is 12.7 Å². The van der Waals surface area contributed by atoms with Crippen LogP contribution in [0.25, 0.3) is 0 Å². The quantitative estimate of drug-likeness (QED) is 0.735. The molecular formula is C10H12FNOS. The molecule has 0 heterocycles. The van der Waals surface area contributed by atoms with Crippen molar-refractivity contribution >= 4 is 18.5 Å². The summed E-state index contributed by atoms with van der Waals surface area (Å²) in [7, 11) is 0. The molecule has 1 aromatic rings. The first-order valence-electron chi connectivity index (χ1n) is 4.26. The van der Waals surface area contributed by atoms with Crippen LogP contribution in [0.3, 0.4) is 0 Å². The van der Waals surface area contributed by atoms with Gasteiger partial charge in [-0.25, -0.2) is 4.39 Å². The van der Waals surface area contributed by atoms with E-state index in [9.17, 15) is 9.18 Å². The van der Waals surface area contributed by atoms with Gasteiger partial charge in [0.15, 0.2) is 0 Å². The molecule has 0 aliphatic carbocycles. The summed E-state index contributed by atoms with van der Waals surface area (Å²) in [6.07, 6.45) is 0. The highest BCUT2D eigenvalue weighted by Gasteiger charge is 2.00. The smallest absolute Gasteiger partial charge is 0.229 e. The lowest BCUT2D eigenvalue weighted by atomic mass is 10.1. The number of amides is 1. The number of carbonyl (C=O) groups excluding carboxylic acids is 1. The Labute approximate surface area is 87.9 Å². The minimum absolute atomic E-state index is 0.129.